The molecule has 1 aliphatic heterocycles. The van der Waals surface area contributed by atoms with E-state index in [1.54, 1.807) is 18.2 Å². The van der Waals surface area contributed by atoms with Gasteiger partial charge in [-0.2, -0.15) is 5.10 Å². The number of nitrogens with one attached hydrogen (secondary N) is 1. The molecule has 2 aliphatic rings. The van der Waals surface area contributed by atoms with E-state index in [4.69, 9.17) is 23.8 Å². The zero-order valence-electron chi connectivity index (χ0n) is 22.0. The first-order valence-electron chi connectivity index (χ1n) is 13.2. The summed E-state index contributed by atoms with van der Waals surface area (Å²) in [4.78, 5) is 24.4. The average Bonchev–Trinajstić information content (AvgIpc) is 3.68. The Labute approximate surface area is 226 Å². The summed E-state index contributed by atoms with van der Waals surface area (Å²) >= 11 is 0. The minimum absolute atomic E-state index is 0.112. The number of ether oxygens (including phenoxy) is 3. The lowest BCUT2D eigenvalue weighted by Crippen LogP contribution is -2.45. The highest BCUT2D eigenvalue weighted by molar-refractivity contribution is 6.04. The second kappa shape index (κ2) is 12.1. The number of nitrogens with zero attached hydrogens (tertiary/aromatic N) is 3. The monoisotopic (exact) mass is 532 g/mol. The Bertz CT molecular complexity index is 1320. The van der Waals surface area contributed by atoms with Crippen LogP contribution in [0.25, 0.3) is 0 Å². The molecular formula is C29H32N4O6. The number of aldehydes is 1. The number of hydrogen-bond acceptors (Lipinski definition) is 9. The third-order valence-corrected chi connectivity index (χ3v) is 6.87. The van der Waals surface area contributed by atoms with Gasteiger partial charge in [0.05, 0.1) is 31.7 Å². The molecule has 1 N–H and O–H groups in total. The zero-order chi connectivity index (χ0) is 27.2. The summed E-state index contributed by atoms with van der Waals surface area (Å²) < 4.78 is 23.0. The van der Waals surface area contributed by atoms with E-state index in [1.165, 1.54) is 12.3 Å². The summed E-state index contributed by atoms with van der Waals surface area (Å²) in [5.41, 5.74) is 2.97. The third kappa shape index (κ3) is 6.12. The molecule has 0 spiro atoms. The van der Waals surface area contributed by atoms with Crippen molar-refractivity contribution in [2.45, 2.75) is 64.0 Å². The van der Waals surface area contributed by atoms with Gasteiger partial charge in [-0.05, 0) is 68.0 Å². The summed E-state index contributed by atoms with van der Waals surface area (Å²) in [5, 5.41) is 12.9. The Morgan fingerprint density at radius 2 is 2.00 bits per heavy atom. The van der Waals surface area contributed by atoms with Crippen LogP contribution in [0.3, 0.4) is 0 Å². The van der Waals surface area contributed by atoms with Crippen molar-refractivity contribution < 1.29 is 28.3 Å². The number of carbonyl (C=O) groups is 2. The van der Waals surface area contributed by atoms with Gasteiger partial charge in [-0.3, -0.25) is 14.6 Å². The summed E-state index contributed by atoms with van der Waals surface area (Å²) in [6, 6.07) is 14.6. The van der Waals surface area contributed by atoms with Crippen LogP contribution in [0.4, 0.5) is 5.69 Å². The van der Waals surface area contributed by atoms with Crippen LogP contribution in [0.15, 0.2) is 64.4 Å². The number of methoxy groups -OCH3 is 1. The summed E-state index contributed by atoms with van der Waals surface area (Å²) in [5.74, 6) is 1.06. The van der Waals surface area contributed by atoms with Crippen LogP contribution < -0.4 is 14.8 Å². The van der Waals surface area contributed by atoms with Gasteiger partial charge in [-0.15, -0.1) is 0 Å². The number of amides is 1. The number of aromatic nitrogens is 1. The quantitative estimate of drug-likeness (QED) is 0.371. The van der Waals surface area contributed by atoms with E-state index < -0.39 is 12.1 Å². The van der Waals surface area contributed by atoms with Crippen LogP contribution in [0.5, 0.6) is 11.5 Å². The highest BCUT2D eigenvalue weighted by atomic mass is 16.5. The van der Waals surface area contributed by atoms with E-state index in [2.05, 4.69) is 10.5 Å². The molecule has 1 fully saturated rings. The van der Waals surface area contributed by atoms with E-state index in [1.807, 2.05) is 43.3 Å². The van der Waals surface area contributed by atoms with Crippen LogP contribution in [0, 0.1) is 0 Å². The Morgan fingerprint density at radius 1 is 1.15 bits per heavy atom. The van der Waals surface area contributed by atoms with E-state index >= 15 is 0 Å². The van der Waals surface area contributed by atoms with Gasteiger partial charge in [-0.1, -0.05) is 24.2 Å². The van der Waals surface area contributed by atoms with Gasteiger partial charge in [0, 0.05) is 17.3 Å². The Balaban J connectivity index is 1.40. The second-order valence-electron chi connectivity index (χ2n) is 9.56. The van der Waals surface area contributed by atoms with Crippen molar-refractivity contribution in [2.75, 3.05) is 12.4 Å². The molecule has 1 amide bonds. The molecule has 1 saturated carbocycles. The number of benzene rings is 2. The molecule has 1 unspecified atom stereocenters. The standard InChI is InChI=1S/C29H32N4O6/c1-3-23-28(20-11-12-24(36-2)26(16-20)37-22-9-4-5-10-22)32-33(27(18-34)38-23)17-19-7-6-8-21(15-19)31-29(35)25-13-14-30-39-25/h6-8,11-16,18,22-23,27H,3-5,9-10,17H2,1-2H3,(H,31,35)/t23-,27?/m1/s1. The van der Waals surface area contributed by atoms with Gasteiger partial charge in [-0.25, -0.2) is 0 Å². The number of hydrogen-bond donors (Lipinski definition) is 1. The van der Waals surface area contributed by atoms with Gasteiger partial charge < -0.3 is 24.1 Å². The molecule has 5 rings (SSSR count). The molecule has 39 heavy (non-hydrogen) atoms. The Hall–Kier alpha value is -4.18. The first-order valence-corrected chi connectivity index (χ1v) is 13.2. The molecule has 2 heterocycles. The number of anilines is 1. The maximum atomic E-state index is 12.4. The van der Waals surface area contributed by atoms with E-state index in [0.29, 0.717) is 29.3 Å². The van der Waals surface area contributed by atoms with Crippen LogP contribution in [-0.4, -0.2) is 53.6 Å². The molecule has 0 bridgehead atoms. The predicted molar refractivity (Wildman–Crippen MR) is 144 cm³/mol. The van der Waals surface area contributed by atoms with Crippen molar-refractivity contribution in [2.24, 2.45) is 5.10 Å². The van der Waals surface area contributed by atoms with Crippen LogP contribution >= 0.6 is 0 Å². The van der Waals surface area contributed by atoms with E-state index in [-0.39, 0.29) is 24.5 Å². The lowest BCUT2D eigenvalue weighted by atomic mass is 10.0. The first kappa shape index (κ1) is 26.4. The minimum atomic E-state index is -0.849. The molecule has 0 saturated heterocycles. The van der Waals surface area contributed by atoms with Crippen LogP contribution in [-0.2, 0) is 16.1 Å². The number of hydrazone groups is 1. The first-order chi connectivity index (χ1) is 19.1. The topological polar surface area (TPSA) is 115 Å². The van der Waals surface area contributed by atoms with Crippen LogP contribution in [0.2, 0.25) is 0 Å². The lowest BCUT2D eigenvalue weighted by Gasteiger charge is -2.35. The van der Waals surface area contributed by atoms with Crippen molar-refractivity contribution in [3.63, 3.8) is 0 Å². The molecule has 10 nitrogen and oxygen atoms in total. The molecule has 10 heteroatoms. The highest BCUT2D eigenvalue weighted by Crippen LogP contribution is 2.34. The van der Waals surface area contributed by atoms with E-state index in [0.717, 1.165) is 43.1 Å². The molecule has 0 radical (unpaired) electrons. The predicted octanol–water partition coefficient (Wildman–Crippen LogP) is 4.80. The third-order valence-electron chi connectivity index (χ3n) is 6.87. The van der Waals surface area contributed by atoms with Crippen molar-refractivity contribution >= 4 is 23.6 Å². The molecule has 2 aromatic carbocycles. The lowest BCUT2D eigenvalue weighted by molar-refractivity contribution is -0.139. The summed E-state index contributed by atoms with van der Waals surface area (Å²) in [6.45, 7) is 2.29. The molecule has 204 valence electrons. The smallest absolute Gasteiger partial charge is 0.294 e. The fourth-order valence-corrected chi connectivity index (χ4v) is 4.90. The largest absolute Gasteiger partial charge is 0.493 e. The Morgan fingerprint density at radius 3 is 2.72 bits per heavy atom. The van der Waals surface area contributed by atoms with Crippen molar-refractivity contribution in [1.29, 1.82) is 0 Å². The van der Waals surface area contributed by atoms with Gasteiger partial charge >= 0.3 is 0 Å². The molecule has 1 aromatic heterocycles. The minimum Gasteiger partial charge on any atom is -0.493 e. The molecule has 1 aliphatic carbocycles. The SMILES string of the molecule is CC[C@H]1OC(C=O)N(Cc2cccc(NC(=O)c3ccno3)c2)N=C1c1ccc(OC)c(OC2CCCC2)c1. The van der Waals surface area contributed by atoms with Gasteiger partial charge in [0.15, 0.2) is 17.8 Å². The highest BCUT2D eigenvalue weighted by Gasteiger charge is 2.32. The molecule has 2 atom stereocenters. The molecule has 3 aromatic rings. The van der Waals surface area contributed by atoms with Gasteiger partial charge in [0.25, 0.3) is 5.91 Å². The average molecular weight is 533 g/mol. The van der Waals surface area contributed by atoms with Crippen LogP contribution in [0.1, 0.15) is 60.7 Å². The number of rotatable bonds is 10. The molecular weight excluding hydrogens is 500 g/mol. The fourth-order valence-electron chi connectivity index (χ4n) is 4.90. The fraction of sp³-hybridized carbons (Fsp3) is 0.379. The van der Waals surface area contributed by atoms with Crippen molar-refractivity contribution in [1.82, 2.24) is 10.2 Å². The normalized spacial score (nSPS) is 19.4. The summed E-state index contributed by atoms with van der Waals surface area (Å²) in [7, 11) is 1.63. The van der Waals surface area contributed by atoms with Gasteiger partial charge in [0.2, 0.25) is 12.0 Å². The Kier molecular flexibility index (Phi) is 8.21. The summed E-state index contributed by atoms with van der Waals surface area (Å²) in [6.07, 6.45) is 6.16. The zero-order valence-corrected chi connectivity index (χ0v) is 22.0. The number of carbonyl (C=O) groups excluding carboxylic acids is 2. The van der Waals surface area contributed by atoms with Crippen molar-refractivity contribution in [3.05, 3.63) is 71.6 Å². The second-order valence-corrected chi connectivity index (χ2v) is 9.56. The van der Waals surface area contributed by atoms with Crippen molar-refractivity contribution in [3.8, 4) is 11.5 Å². The van der Waals surface area contributed by atoms with E-state index in [9.17, 15) is 9.59 Å². The maximum Gasteiger partial charge on any atom is 0.294 e. The maximum absolute atomic E-state index is 12.4. The van der Waals surface area contributed by atoms with Gasteiger partial charge in [0.1, 0.15) is 6.10 Å².